The van der Waals surface area contributed by atoms with Crippen LogP contribution < -0.4 is 5.32 Å². The Morgan fingerprint density at radius 1 is 1.00 bits per heavy atom. The number of carbonyl (C=O) groups excluding carboxylic acids is 1. The largest absolute Gasteiger partial charge is 0.508 e. The van der Waals surface area contributed by atoms with Gasteiger partial charge in [0.2, 0.25) is 5.91 Å². The minimum absolute atomic E-state index is 0.129. The minimum atomic E-state index is 0.129. The maximum Gasteiger partial charge on any atom is 0.223 e. The van der Waals surface area contributed by atoms with E-state index in [4.69, 9.17) is 0 Å². The number of hydrogen-bond acceptors (Lipinski definition) is 3. The van der Waals surface area contributed by atoms with Crippen molar-refractivity contribution in [3.63, 3.8) is 0 Å². The number of carbonyl (C=O) groups is 1. The highest BCUT2D eigenvalue weighted by Gasteiger charge is 2.58. The highest BCUT2D eigenvalue weighted by molar-refractivity contribution is 5.82. The van der Waals surface area contributed by atoms with E-state index in [-0.39, 0.29) is 22.7 Å². The van der Waals surface area contributed by atoms with Crippen molar-refractivity contribution < 1.29 is 9.90 Å². The van der Waals surface area contributed by atoms with Crippen LogP contribution in [0, 0.1) is 11.3 Å². The fourth-order valence-electron chi connectivity index (χ4n) is 6.13. The molecule has 2 aromatic rings. The standard InChI is InChI=1S/C27H34N2O2/c30-23-10-6-7-21(17-23)19-29-15-13-26(14-16-29)18-24(26)25(31)28-20-27(11-4-5-12-27)22-8-2-1-3-9-22/h1-3,6-10,17,24,30H,4-5,11-16,18-20H2,(H,28,31). The molecule has 2 aromatic carbocycles. The van der Waals surface area contributed by atoms with E-state index < -0.39 is 0 Å². The number of phenols is 1. The first-order valence-corrected chi connectivity index (χ1v) is 11.9. The van der Waals surface area contributed by atoms with E-state index in [1.165, 1.54) is 31.2 Å². The first-order valence-electron chi connectivity index (χ1n) is 11.9. The maximum atomic E-state index is 13.1. The zero-order chi connectivity index (χ0) is 21.3. The molecule has 1 aliphatic heterocycles. The van der Waals surface area contributed by atoms with Crippen LogP contribution in [0.15, 0.2) is 54.6 Å². The summed E-state index contributed by atoms with van der Waals surface area (Å²) < 4.78 is 0. The lowest BCUT2D eigenvalue weighted by molar-refractivity contribution is -0.123. The number of likely N-dealkylation sites (tertiary alicyclic amines) is 1. The molecule has 5 rings (SSSR count). The normalized spacial score (nSPS) is 24.2. The molecule has 4 nitrogen and oxygen atoms in total. The quantitative estimate of drug-likeness (QED) is 0.720. The van der Waals surface area contributed by atoms with Gasteiger partial charge in [0.25, 0.3) is 0 Å². The van der Waals surface area contributed by atoms with Crippen molar-refractivity contribution in [1.29, 1.82) is 0 Å². The Kier molecular flexibility index (Phi) is 5.51. The maximum absolute atomic E-state index is 13.1. The van der Waals surface area contributed by atoms with Gasteiger partial charge in [-0.25, -0.2) is 0 Å². The molecule has 164 valence electrons. The molecule has 1 spiro atoms. The number of phenolic OH excluding ortho intramolecular Hbond substituents is 1. The number of nitrogens with zero attached hydrogens (tertiary/aromatic N) is 1. The van der Waals surface area contributed by atoms with Crippen LogP contribution in [0.25, 0.3) is 0 Å². The van der Waals surface area contributed by atoms with Crippen molar-refractivity contribution in [2.24, 2.45) is 11.3 Å². The first kappa shape index (κ1) is 20.6. The molecule has 3 aliphatic rings. The molecule has 1 saturated heterocycles. The topological polar surface area (TPSA) is 52.6 Å². The average molecular weight is 419 g/mol. The average Bonchev–Trinajstić information content (AvgIpc) is 3.27. The van der Waals surface area contributed by atoms with E-state index in [0.29, 0.717) is 5.75 Å². The van der Waals surface area contributed by atoms with Gasteiger partial charge in [0.15, 0.2) is 0 Å². The number of rotatable bonds is 6. The van der Waals surface area contributed by atoms with Crippen LogP contribution in [-0.2, 0) is 16.8 Å². The van der Waals surface area contributed by atoms with Crippen LogP contribution in [0.2, 0.25) is 0 Å². The van der Waals surface area contributed by atoms with Gasteiger partial charge in [0.05, 0.1) is 0 Å². The molecule has 0 bridgehead atoms. The second kappa shape index (κ2) is 8.31. The Balaban J connectivity index is 1.14. The van der Waals surface area contributed by atoms with Gasteiger partial charge in [-0.1, -0.05) is 55.3 Å². The number of aromatic hydroxyl groups is 1. The lowest BCUT2D eigenvalue weighted by Gasteiger charge is -2.33. The van der Waals surface area contributed by atoms with E-state index in [0.717, 1.165) is 51.0 Å². The molecule has 2 aliphatic carbocycles. The Labute approximate surface area is 185 Å². The number of piperidine rings is 1. The SMILES string of the molecule is O=C(NCC1(c2ccccc2)CCCC1)C1CC12CCN(Cc1cccc(O)c1)CC2. The van der Waals surface area contributed by atoms with Gasteiger partial charge in [-0.3, -0.25) is 9.69 Å². The number of nitrogens with one attached hydrogen (secondary N) is 1. The van der Waals surface area contributed by atoms with E-state index in [1.54, 1.807) is 6.07 Å². The summed E-state index contributed by atoms with van der Waals surface area (Å²) in [5.41, 5.74) is 2.90. The molecular weight excluding hydrogens is 384 g/mol. The zero-order valence-electron chi connectivity index (χ0n) is 18.4. The second-order valence-corrected chi connectivity index (χ2v) is 10.1. The smallest absolute Gasteiger partial charge is 0.223 e. The highest BCUT2D eigenvalue weighted by Crippen LogP contribution is 2.59. The molecule has 1 amide bonds. The van der Waals surface area contributed by atoms with Crippen molar-refractivity contribution in [1.82, 2.24) is 10.2 Å². The van der Waals surface area contributed by atoms with Crippen LogP contribution in [-0.4, -0.2) is 35.5 Å². The Morgan fingerprint density at radius 2 is 1.74 bits per heavy atom. The lowest BCUT2D eigenvalue weighted by Crippen LogP contribution is -2.41. The van der Waals surface area contributed by atoms with Crippen LogP contribution in [0.4, 0.5) is 0 Å². The first-order chi connectivity index (χ1) is 15.1. The van der Waals surface area contributed by atoms with E-state index in [9.17, 15) is 9.90 Å². The van der Waals surface area contributed by atoms with E-state index in [1.807, 2.05) is 12.1 Å². The van der Waals surface area contributed by atoms with Gasteiger partial charge >= 0.3 is 0 Å². The third-order valence-electron chi connectivity index (χ3n) is 8.22. The molecule has 2 saturated carbocycles. The second-order valence-electron chi connectivity index (χ2n) is 10.1. The van der Waals surface area contributed by atoms with Crippen molar-refractivity contribution in [3.05, 3.63) is 65.7 Å². The van der Waals surface area contributed by atoms with Gasteiger partial charge in [0.1, 0.15) is 5.75 Å². The molecule has 4 heteroatoms. The van der Waals surface area contributed by atoms with Crippen molar-refractivity contribution in [2.45, 2.75) is 56.9 Å². The number of amides is 1. The van der Waals surface area contributed by atoms with Crippen molar-refractivity contribution >= 4 is 5.91 Å². The summed E-state index contributed by atoms with van der Waals surface area (Å²) >= 11 is 0. The summed E-state index contributed by atoms with van der Waals surface area (Å²) in [6.07, 6.45) is 8.13. The molecule has 2 N–H and O–H groups in total. The highest BCUT2D eigenvalue weighted by atomic mass is 16.3. The summed E-state index contributed by atoms with van der Waals surface area (Å²) in [6.45, 7) is 3.73. The van der Waals surface area contributed by atoms with Gasteiger partial charge < -0.3 is 10.4 Å². The molecule has 1 heterocycles. The van der Waals surface area contributed by atoms with E-state index in [2.05, 4.69) is 46.6 Å². The monoisotopic (exact) mass is 418 g/mol. The summed E-state index contributed by atoms with van der Waals surface area (Å²) in [7, 11) is 0. The third kappa shape index (κ3) is 4.23. The van der Waals surface area contributed by atoms with Crippen LogP contribution in [0.1, 0.15) is 56.1 Å². The summed E-state index contributed by atoms with van der Waals surface area (Å²) in [5.74, 6) is 0.814. The van der Waals surface area contributed by atoms with Gasteiger partial charge in [0, 0.05) is 24.4 Å². The predicted molar refractivity (Wildman–Crippen MR) is 123 cm³/mol. The van der Waals surface area contributed by atoms with Crippen LogP contribution >= 0.6 is 0 Å². The minimum Gasteiger partial charge on any atom is -0.508 e. The number of benzene rings is 2. The summed E-state index contributed by atoms with van der Waals surface area (Å²) in [5, 5.41) is 13.1. The molecule has 3 fully saturated rings. The fourth-order valence-corrected chi connectivity index (χ4v) is 6.13. The molecule has 1 atom stereocenters. The van der Waals surface area contributed by atoms with Gasteiger partial charge in [-0.15, -0.1) is 0 Å². The Hall–Kier alpha value is -2.33. The fraction of sp³-hybridized carbons (Fsp3) is 0.519. The van der Waals surface area contributed by atoms with Crippen LogP contribution in [0.3, 0.4) is 0 Å². The molecular formula is C27H34N2O2. The third-order valence-corrected chi connectivity index (χ3v) is 8.22. The van der Waals surface area contributed by atoms with E-state index >= 15 is 0 Å². The zero-order valence-corrected chi connectivity index (χ0v) is 18.4. The molecule has 0 aromatic heterocycles. The van der Waals surface area contributed by atoms with Crippen molar-refractivity contribution in [3.8, 4) is 5.75 Å². The van der Waals surface area contributed by atoms with Crippen molar-refractivity contribution in [2.75, 3.05) is 19.6 Å². The van der Waals surface area contributed by atoms with Gasteiger partial charge in [-0.05, 0) is 73.9 Å². The lowest BCUT2D eigenvalue weighted by atomic mass is 9.78. The molecule has 0 radical (unpaired) electrons. The Morgan fingerprint density at radius 3 is 2.45 bits per heavy atom. The Bertz CT molecular complexity index is 912. The molecule has 31 heavy (non-hydrogen) atoms. The van der Waals surface area contributed by atoms with Crippen LogP contribution in [0.5, 0.6) is 5.75 Å². The predicted octanol–water partition coefficient (Wildman–Crippen LogP) is 4.62. The molecule has 1 unspecified atom stereocenters. The van der Waals surface area contributed by atoms with Gasteiger partial charge in [-0.2, -0.15) is 0 Å². The summed E-state index contributed by atoms with van der Waals surface area (Å²) in [6, 6.07) is 18.3. The summed E-state index contributed by atoms with van der Waals surface area (Å²) in [4.78, 5) is 15.5. The number of hydrogen-bond donors (Lipinski definition) is 2.